The van der Waals surface area contributed by atoms with Crippen molar-refractivity contribution in [1.29, 1.82) is 0 Å². The topological polar surface area (TPSA) is 77.8 Å². The van der Waals surface area contributed by atoms with E-state index in [1.165, 1.54) is 32.1 Å². The van der Waals surface area contributed by atoms with Gasteiger partial charge in [-0.2, -0.15) is 0 Å². The number of allylic oxidation sites excluding steroid dienone is 3. The summed E-state index contributed by atoms with van der Waals surface area (Å²) >= 11 is 0. The van der Waals surface area contributed by atoms with Gasteiger partial charge in [-0.1, -0.05) is 63.3 Å². The lowest BCUT2D eigenvalue weighted by Gasteiger charge is -2.45. The Morgan fingerprint density at radius 1 is 1.14 bits per heavy atom. The second kappa shape index (κ2) is 12.5. The summed E-state index contributed by atoms with van der Waals surface area (Å²) in [7, 11) is 0. The molecular weight excluding hydrogens is 364 g/mol. The van der Waals surface area contributed by atoms with Crippen molar-refractivity contribution in [2.75, 3.05) is 0 Å². The van der Waals surface area contributed by atoms with Crippen LogP contribution in [0.1, 0.15) is 96.8 Å². The molecule has 2 aliphatic rings. The van der Waals surface area contributed by atoms with Gasteiger partial charge < -0.3 is 15.3 Å². The minimum atomic E-state index is -0.747. The van der Waals surface area contributed by atoms with Crippen LogP contribution in [0.25, 0.3) is 0 Å². The molecule has 0 aromatic heterocycles. The fraction of sp³-hybridized carbons (Fsp3) is 0.800. The molecule has 29 heavy (non-hydrogen) atoms. The van der Waals surface area contributed by atoms with Crippen LogP contribution in [-0.4, -0.2) is 33.5 Å². The number of aliphatic hydroxyl groups excluding tert-OH is 2. The van der Waals surface area contributed by atoms with E-state index in [2.05, 4.69) is 19.1 Å². The molecule has 0 aromatic carbocycles. The highest BCUT2D eigenvalue weighted by atomic mass is 16.4. The molecule has 166 valence electrons. The van der Waals surface area contributed by atoms with Crippen LogP contribution in [0.4, 0.5) is 0 Å². The zero-order valence-corrected chi connectivity index (χ0v) is 18.3. The van der Waals surface area contributed by atoms with Crippen LogP contribution in [0, 0.1) is 17.3 Å². The van der Waals surface area contributed by atoms with E-state index in [-0.39, 0.29) is 30.0 Å². The van der Waals surface area contributed by atoms with Gasteiger partial charge in [0, 0.05) is 6.42 Å². The van der Waals surface area contributed by atoms with E-state index >= 15 is 0 Å². The maximum absolute atomic E-state index is 10.9. The molecule has 4 nitrogen and oxygen atoms in total. The summed E-state index contributed by atoms with van der Waals surface area (Å²) < 4.78 is 0. The molecule has 0 aliphatic heterocycles. The summed E-state index contributed by atoms with van der Waals surface area (Å²) in [6.07, 6.45) is 21.6. The number of carbonyl (C=O) groups is 1. The smallest absolute Gasteiger partial charge is 0.303 e. The molecule has 4 heteroatoms. The molecule has 0 aromatic rings. The van der Waals surface area contributed by atoms with Crippen molar-refractivity contribution in [1.82, 2.24) is 0 Å². The fourth-order valence-corrected chi connectivity index (χ4v) is 5.07. The predicted octanol–water partition coefficient (Wildman–Crippen LogP) is 5.63. The van der Waals surface area contributed by atoms with Gasteiger partial charge in [0.15, 0.2) is 0 Å². The van der Waals surface area contributed by atoms with Crippen molar-refractivity contribution >= 4 is 5.97 Å². The minimum absolute atomic E-state index is 0.0982. The highest BCUT2D eigenvalue weighted by Crippen LogP contribution is 2.48. The largest absolute Gasteiger partial charge is 0.481 e. The molecule has 0 saturated heterocycles. The SMILES string of the molecule is CCCCCCC1(C(O)C=C[C@H]2CC[C@H](O)[C@@H]2CC=CCCCC(=O)O)CCC1. The van der Waals surface area contributed by atoms with Crippen molar-refractivity contribution < 1.29 is 20.1 Å². The standard InChI is InChI=1S/C25H42O4/c1-2-3-4-9-17-25(18-10-19-25)23(27)16-14-20-13-15-22(26)21(20)11-7-5-6-8-12-24(28)29/h5,7,14,16,20-23,26-27H,2-4,6,8-13,15,17-19H2,1H3,(H,28,29)/t20-,21-,22+,23?/m1/s1. The predicted molar refractivity (Wildman–Crippen MR) is 118 cm³/mol. The average Bonchev–Trinajstić information content (AvgIpc) is 3.01. The van der Waals surface area contributed by atoms with Crippen LogP contribution in [0.5, 0.6) is 0 Å². The maximum Gasteiger partial charge on any atom is 0.303 e. The summed E-state index contributed by atoms with van der Waals surface area (Å²) in [4.78, 5) is 10.6. The number of aliphatic hydroxyl groups is 2. The summed E-state index contributed by atoms with van der Waals surface area (Å²) in [5, 5.41) is 30.0. The van der Waals surface area contributed by atoms with E-state index < -0.39 is 5.97 Å². The molecule has 4 atom stereocenters. The fourth-order valence-electron chi connectivity index (χ4n) is 5.07. The Morgan fingerprint density at radius 3 is 2.59 bits per heavy atom. The summed E-state index contributed by atoms with van der Waals surface area (Å²) in [6.45, 7) is 2.23. The van der Waals surface area contributed by atoms with Crippen molar-refractivity contribution in [3.63, 3.8) is 0 Å². The Labute approximate surface area is 177 Å². The second-order valence-electron chi connectivity index (χ2n) is 9.32. The number of carboxylic acid groups (broad SMARTS) is 1. The third-order valence-electron chi connectivity index (χ3n) is 7.22. The third-order valence-corrected chi connectivity index (χ3v) is 7.22. The zero-order valence-electron chi connectivity index (χ0n) is 18.3. The third kappa shape index (κ3) is 7.57. The van der Waals surface area contributed by atoms with Crippen molar-refractivity contribution in [3.8, 4) is 0 Å². The Kier molecular flexibility index (Phi) is 10.4. The average molecular weight is 407 g/mol. The van der Waals surface area contributed by atoms with Crippen LogP contribution >= 0.6 is 0 Å². The summed E-state index contributed by atoms with van der Waals surface area (Å²) in [6, 6.07) is 0. The number of aliphatic carboxylic acids is 1. The van der Waals surface area contributed by atoms with Gasteiger partial charge >= 0.3 is 5.97 Å². The number of hydrogen-bond donors (Lipinski definition) is 3. The van der Waals surface area contributed by atoms with Crippen LogP contribution in [0.3, 0.4) is 0 Å². The van der Waals surface area contributed by atoms with E-state index in [1.807, 2.05) is 12.2 Å². The summed E-state index contributed by atoms with van der Waals surface area (Å²) in [5.74, 6) is -0.223. The molecule has 0 bridgehead atoms. The van der Waals surface area contributed by atoms with E-state index in [0.717, 1.165) is 44.9 Å². The van der Waals surface area contributed by atoms with Gasteiger partial charge in [-0.3, -0.25) is 4.79 Å². The highest BCUT2D eigenvalue weighted by Gasteiger charge is 2.42. The summed E-state index contributed by atoms with van der Waals surface area (Å²) in [5.41, 5.74) is 0.0982. The van der Waals surface area contributed by atoms with E-state index in [4.69, 9.17) is 5.11 Å². The lowest BCUT2D eigenvalue weighted by Crippen LogP contribution is -2.40. The molecule has 2 saturated carbocycles. The highest BCUT2D eigenvalue weighted by molar-refractivity contribution is 5.66. The van der Waals surface area contributed by atoms with E-state index in [1.54, 1.807) is 0 Å². The Hall–Kier alpha value is -1.13. The molecular formula is C25H42O4. The first-order chi connectivity index (χ1) is 14.0. The Morgan fingerprint density at radius 2 is 1.93 bits per heavy atom. The molecule has 2 fully saturated rings. The van der Waals surface area contributed by atoms with Crippen LogP contribution < -0.4 is 0 Å². The van der Waals surface area contributed by atoms with Gasteiger partial charge in [-0.15, -0.1) is 0 Å². The van der Waals surface area contributed by atoms with Crippen molar-refractivity contribution in [3.05, 3.63) is 24.3 Å². The molecule has 0 amide bonds. The normalized spacial score (nSPS) is 27.5. The maximum atomic E-state index is 10.9. The number of unbranched alkanes of at least 4 members (excludes halogenated alkanes) is 4. The molecule has 0 heterocycles. The van der Waals surface area contributed by atoms with Gasteiger partial charge in [0.2, 0.25) is 0 Å². The lowest BCUT2D eigenvalue weighted by atomic mass is 9.62. The van der Waals surface area contributed by atoms with Gasteiger partial charge in [0.05, 0.1) is 12.2 Å². The molecule has 0 radical (unpaired) electrons. The van der Waals surface area contributed by atoms with Crippen LogP contribution in [0.15, 0.2) is 24.3 Å². The quantitative estimate of drug-likeness (QED) is 0.258. The molecule has 1 unspecified atom stereocenters. The van der Waals surface area contributed by atoms with Gasteiger partial charge in [0.1, 0.15) is 0 Å². The van der Waals surface area contributed by atoms with Crippen LogP contribution in [-0.2, 0) is 4.79 Å². The van der Waals surface area contributed by atoms with Crippen molar-refractivity contribution in [2.45, 2.75) is 109 Å². The van der Waals surface area contributed by atoms with Gasteiger partial charge in [-0.05, 0) is 68.6 Å². The molecule has 0 spiro atoms. The first-order valence-electron chi connectivity index (χ1n) is 11.9. The Balaban J connectivity index is 1.82. The van der Waals surface area contributed by atoms with Crippen LogP contribution in [0.2, 0.25) is 0 Å². The van der Waals surface area contributed by atoms with Gasteiger partial charge in [0.25, 0.3) is 0 Å². The van der Waals surface area contributed by atoms with Gasteiger partial charge in [-0.25, -0.2) is 0 Å². The minimum Gasteiger partial charge on any atom is -0.481 e. The Bertz CT molecular complexity index is 535. The van der Waals surface area contributed by atoms with E-state index in [0.29, 0.717) is 12.3 Å². The second-order valence-corrected chi connectivity index (χ2v) is 9.32. The van der Waals surface area contributed by atoms with E-state index in [9.17, 15) is 15.0 Å². The zero-order chi connectivity index (χ0) is 21.1. The lowest BCUT2D eigenvalue weighted by molar-refractivity contribution is -0.137. The first kappa shape index (κ1) is 24.1. The number of rotatable bonds is 14. The molecule has 2 rings (SSSR count). The number of hydrogen-bond acceptors (Lipinski definition) is 3. The monoisotopic (exact) mass is 406 g/mol. The molecule has 3 N–H and O–H groups in total. The first-order valence-corrected chi connectivity index (χ1v) is 11.9. The molecule has 2 aliphatic carbocycles. The number of carboxylic acids is 1. The van der Waals surface area contributed by atoms with Crippen molar-refractivity contribution in [2.24, 2.45) is 17.3 Å².